The van der Waals surface area contributed by atoms with Crippen LogP contribution < -0.4 is 5.32 Å². The van der Waals surface area contributed by atoms with E-state index >= 15 is 0 Å². The number of likely N-dealkylation sites (tertiary alicyclic amines) is 1. The van der Waals surface area contributed by atoms with Gasteiger partial charge in [-0.05, 0) is 37.9 Å². The molecule has 0 aromatic heterocycles. The molecule has 2 heterocycles. The summed E-state index contributed by atoms with van der Waals surface area (Å²) in [7, 11) is 0. The van der Waals surface area contributed by atoms with Crippen molar-refractivity contribution in [1.29, 1.82) is 0 Å². The molecular weight excluding hydrogens is 388 g/mol. The van der Waals surface area contributed by atoms with Crippen molar-refractivity contribution in [2.75, 3.05) is 52.4 Å². The van der Waals surface area contributed by atoms with Gasteiger partial charge in [0.1, 0.15) is 0 Å². The van der Waals surface area contributed by atoms with Gasteiger partial charge in [0, 0.05) is 63.8 Å². The smallest absolute Gasteiger partial charge is 0.253 e. The van der Waals surface area contributed by atoms with E-state index in [1.165, 1.54) is 0 Å². The Morgan fingerprint density at radius 3 is 2.28 bits per heavy atom. The van der Waals surface area contributed by atoms with Crippen molar-refractivity contribution in [2.24, 2.45) is 0 Å². The maximum Gasteiger partial charge on any atom is 0.253 e. The number of hydrogen-bond donors (Lipinski definition) is 1. The minimum Gasteiger partial charge on any atom is -0.340 e. The number of carbonyl (C=O) groups excluding carboxylic acids is 2. The van der Waals surface area contributed by atoms with E-state index in [2.05, 4.69) is 17.1 Å². The van der Waals surface area contributed by atoms with E-state index < -0.39 is 0 Å². The normalized spacial score (nSPS) is 17.9. The molecule has 1 N–H and O–H groups in total. The number of carbonyl (C=O) groups is 2. The molecule has 2 aliphatic heterocycles. The molecule has 2 amide bonds. The molecule has 1 aromatic rings. The van der Waals surface area contributed by atoms with Crippen molar-refractivity contribution in [1.82, 2.24) is 20.0 Å². The number of piperidine rings is 1. The third kappa shape index (κ3) is 6.69. The summed E-state index contributed by atoms with van der Waals surface area (Å²) in [6.45, 7) is 9.09. The van der Waals surface area contributed by atoms with Gasteiger partial charge >= 0.3 is 0 Å². The third-order valence-electron chi connectivity index (χ3n) is 5.88. The molecule has 1 aromatic carbocycles. The lowest BCUT2D eigenvalue weighted by atomic mass is 10.0. The Bertz CT molecular complexity index is 629. The summed E-state index contributed by atoms with van der Waals surface area (Å²) in [6, 6.07) is 10.0. The van der Waals surface area contributed by atoms with Crippen molar-refractivity contribution < 1.29 is 9.59 Å². The summed E-state index contributed by atoms with van der Waals surface area (Å²) in [5.41, 5.74) is 0.771. The second-order valence-corrected chi connectivity index (χ2v) is 7.81. The van der Waals surface area contributed by atoms with Crippen molar-refractivity contribution in [3.8, 4) is 0 Å². The Kier molecular flexibility index (Phi) is 9.91. The number of piperazine rings is 1. The fraction of sp³-hybridized carbons (Fsp3) is 0.636. The van der Waals surface area contributed by atoms with E-state index in [4.69, 9.17) is 0 Å². The second kappa shape index (κ2) is 12.2. The van der Waals surface area contributed by atoms with Gasteiger partial charge in [-0.3, -0.25) is 14.5 Å². The lowest BCUT2D eigenvalue weighted by molar-refractivity contribution is -0.132. The topological polar surface area (TPSA) is 55.9 Å². The van der Waals surface area contributed by atoms with Gasteiger partial charge in [-0.2, -0.15) is 0 Å². The molecule has 0 spiro atoms. The zero-order valence-corrected chi connectivity index (χ0v) is 18.3. The monoisotopic (exact) mass is 422 g/mol. The highest BCUT2D eigenvalue weighted by Gasteiger charge is 2.27. The fourth-order valence-corrected chi connectivity index (χ4v) is 4.27. The molecule has 0 atom stereocenters. The quantitative estimate of drug-likeness (QED) is 0.732. The van der Waals surface area contributed by atoms with Crippen LogP contribution in [0.5, 0.6) is 0 Å². The van der Waals surface area contributed by atoms with Gasteiger partial charge in [-0.25, -0.2) is 0 Å². The number of benzene rings is 1. The molecule has 2 saturated heterocycles. The molecule has 2 aliphatic rings. The van der Waals surface area contributed by atoms with Crippen molar-refractivity contribution in [2.45, 2.75) is 38.6 Å². The van der Waals surface area contributed by atoms with E-state index in [0.29, 0.717) is 12.5 Å². The largest absolute Gasteiger partial charge is 0.340 e. The van der Waals surface area contributed by atoms with Crippen LogP contribution >= 0.6 is 12.4 Å². The first-order valence-corrected chi connectivity index (χ1v) is 10.8. The Morgan fingerprint density at radius 2 is 1.66 bits per heavy atom. The molecule has 0 bridgehead atoms. The fourth-order valence-electron chi connectivity index (χ4n) is 4.27. The van der Waals surface area contributed by atoms with Crippen LogP contribution in [0.25, 0.3) is 0 Å². The number of nitrogens with zero attached hydrogens (tertiary/aromatic N) is 3. The van der Waals surface area contributed by atoms with Crippen LogP contribution in [-0.4, -0.2) is 84.9 Å². The lowest BCUT2D eigenvalue weighted by Gasteiger charge is -2.39. The lowest BCUT2D eigenvalue weighted by Crippen LogP contribution is -2.49. The van der Waals surface area contributed by atoms with E-state index in [1.54, 1.807) is 0 Å². The number of nitrogens with one attached hydrogen (secondary N) is 1. The van der Waals surface area contributed by atoms with Gasteiger partial charge < -0.3 is 15.1 Å². The van der Waals surface area contributed by atoms with Crippen LogP contribution in [0, 0.1) is 0 Å². The van der Waals surface area contributed by atoms with Gasteiger partial charge in [0.2, 0.25) is 5.91 Å². The first-order chi connectivity index (χ1) is 13.7. The van der Waals surface area contributed by atoms with E-state index in [1.807, 2.05) is 40.1 Å². The minimum absolute atomic E-state index is 0. The van der Waals surface area contributed by atoms with Crippen LogP contribution in [0.3, 0.4) is 0 Å². The molecule has 29 heavy (non-hydrogen) atoms. The Hall–Kier alpha value is -1.63. The summed E-state index contributed by atoms with van der Waals surface area (Å²) in [5, 5.41) is 3.29. The standard InChI is InChI=1S/C22H34N4O2.ClH/c1-2-13-24(16-10-21(27)25-17-11-23-12-18-25)20-8-14-26(15-9-20)22(28)19-6-4-3-5-7-19;/h3-7,20,23H,2,8-18H2,1H3;1H. The van der Waals surface area contributed by atoms with Crippen LogP contribution in [0.15, 0.2) is 30.3 Å². The average Bonchev–Trinajstić information content (AvgIpc) is 2.77. The summed E-state index contributed by atoms with van der Waals surface area (Å²) in [6.07, 6.45) is 3.66. The average molecular weight is 423 g/mol. The maximum atomic E-state index is 12.6. The molecule has 7 heteroatoms. The summed E-state index contributed by atoms with van der Waals surface area (Å²) >= 11 is 0. The number of hydrogen-bond acceptors (Lipinski definition) is 4. The summed E-state index contributed by atoms with van der Waals surface area (Å²) < 4.78 is 0. The zero-order valence-electron chi connectivity index (χ0n) is 17.5. The van der Waals surface area contributed by atoms with E-state index in [9.17, 15) is 9.59 Å². The Balaban J connectivity index is 0.00000300. The van der Waals surface area contributed by atoms with Crippen LogP contribution in [0.4, 0.5) is 0 Å². The van der Waals surface area contributed by atoms with Gasteiger partial charge in [-0.15, -0.1) is 12.4 Å². The van der Waals surface area contributed by atoms with Gasteiger partial charge in [0.15, 0.2) is 0 Å². The molecule has 0 unspecified atom stereocenters. The third-order valence-corrected chi connectivity index (χ3v) is 5.88. The molecular formula is C22H35ClN4O2. The second-order valence-electron chi connectivity index (χ2n) is 7.81. The zero-order chi connectivity index (χ0) is 19.8. The molecule has 0 radical (unpaired) electrons. The molecule has 162 valence electrons. The first kappa shape index (κ1) is 23.6. The van der Waals surface area contributed by atoms with Crippen LogP contribution in [-0.2, 0) is 4.79 Å². The molecule has 6 nitrogen and oxygen atoms in total. The van der Waals surface area contributed by atoms with Gasteiger partial charge in [0.25, 0.3) is 5.91 Å². The Morgan fingerprint density at radius 1 is 1.00 bits per heavy atom. The highest BCUT2D eigenvalue weighted by atomic mass is 35.5. The molecule has 3 rings (SSSR count). The van der Waals surface area contributed by atoms with Crippen molar-refractivity contribution >= 4 is 24.2 Å². The van der Waals surface area contributed by atoms with Crippen LogP contribution in [0.1, 0.15) is 43.0 Å². The first-order valence-electron chi connectivity index (χ1n) is 10.8. The predicted octanol–water partition coefficient (Wildman–Crippen LogP) is 2.25. The van der Waals surface area contributed by atoms with Crippen molar-refractivity contribution in [3.05, 3.63) is 35.9 Å². The predicted molar refractivity (Wildman–Crippen MR) is 119 cm³/mol. The molecule has 0 saturated carbocycles. The van der Waals surface area contributed by atoms with Gasteiger partial charge in [-0.1, -0.05) is 25.1 Å². The highest BCUT2D eigenvalue weighted by molar-refractivity contribution is 5.94. The van der Waals surface area contributed by atoms with Crippen molar-refractivity contribution in [3.63, 3.8) is 0 Å². The van der Waals surface area contributed by atoms with E-state index in [-0.39, 0.29) is 24.2 Å². The number of halogens is 1. The summed E-state index contributed by atoms with van der Waals surface area (Å²) in [5.74, 6) is 0.411. The SMILES string of the molecule is CCCN(CCC(=O)N1CCNCC1)C1CCN(C(=O)c2ccccc2)CC1.Cl. The molecule has 2 fully saturated rings. The van der Waals surface area contributed by atoms with E-state index in [0.717, 1.165) is 77.2 Å². The number of rotatable bonds is 7. The van der Waals surface area contributed by atoms with Gasteiger partial charge in [0.05, 0.1) is 0 Å². The van der Waals surface area contributed by atoms with Crippen LogP contribution in [0.2, 0.25) is 0 Å². The maximum absolute atomic E-state index is 12.6. The number of amides is 2. The summed E-state index contributed by atoms with van der Waals surface area (Å²) in [4.78, 5) is 31.6. The minimum atomic E-state index is 0. The molecule has 0 aliphatic carbocycles. The highest BCUT2D eigenvalue weighted by Crippen LogP contribution is 2.19. The Labute approximate surface area is 181 Å².